The van der Waals surface area contributed by atoms with Gasteiger partial charge in [-0.15, -0.1) is 0 Å². The van der Waals surface area contributed by atoms with Gasteiger partial charge in [0, 0.05) is 12.5 Å². The van der Waals surface area contributed by atoms with Crippen LogP contribution in [0, 0.1) is 5.92 Å². The van der Waals surface area contributed by atoms with Gasteiger partial charge in [0.1, 0.15) is 18.4 Å². The molecule has 2 saturated heterocycles. The van der Waals surface area contributed by atoms with E-state index in [1.54, 1.807) is 27.7 Å². The molecule has 2 unspecified atom stereocenters. The highest BCUT2D eigenvalue weighted by atomic mass is 32.5. The second-order valence-electron chi connectivity index (χ2n) is 7.27. The van der Waals surface area contributed by atoms with Crippen LogP contribution in [0.25, 0.3) is 0 Å². The Balaban J connectivity index is 1.67. The van der Waals surface area contributed by atoms with Crippen LogP contribution < -0.4 is 0 Å². The predicted octanol–water partition coefficient (Wildman–Crippen LogP) is 2.41. The van der Waals surface area contributed by atoms with Gasteiger partial charge in [0.25, 0.3) is 0 Å². The molecule has 1 amide bonds. The van der Waals surface area contributed by atoms with Crippen LogP contribution in [0.2, 0.25) is 0 Å². The highest BCUT2D eigenvalue weighted by Gasteiger charge is 2.51. The Hall–Kier alpha value is -0.860. The topological polar surface area (TPSA) is 74.3 Å². The summed E-state index contributed by atoms with van der Waals surface area (Å²) in [6.45, 7) is 2.54. The van der Waals surface area contributed by atoms with E-state index in [-0.39, 0.29) is 24.2 Å². The number of fused-ring (bicyclic) bond motifs is 4. The number of hydrogen-bond donors (Lipinski definition) is 0. The van der Waals surface area contributed by atoms with Crippen LogP contribution in [0.15, 0.2) is 12.0 Å². The van der Waals surface area contributed by atoms with E-state index < -0.39 is 36.8 Å². The van der Waals surface area contributed by atoms with Crippen LogP contribution in [-0.4, -0.2) is 47.2 Å². The molecule has 3 aliphatic rings. The van der Waals surface area contributed by atoms with E-state index in [4.69, 9.17) is 30.3 Å². The van der Waals surface area contributed by atoms with Crippen LogP contribution >= 0.6 is 6.80 Å². The standard InChI is InChI=1S/C15H21FNO6PS/c1-8-9(18)5-12-17(14(8)19)13-6-10(21-12)11(22-13)7-20-24(16,25)23-15(2,3)4/h5,8,10-11,13H,6-7H2,1-4H3/t8?,10-,11-,13-,24?/m1/s1. The number of hydrogen-bond acceptors (Lipinski definition) is 7. The Morgan fingerprint density at radius 3 is 2.76 bits per heavy atom. The van der Waals surface area contributed by atoms with Crippen molar-refractivity contribution in [3.05, 3.63) is 12.0 Å². The van der Waals surface area contributed by atoms with Gasteiger partial charge in [-0.2, -0.15) is 4.20 Å². The molecule has 10 heteroatoms. The second kappa shape index (κ2) is 6.39. The molecule has 0 aromatic rings. The van der Waals surface area contributed by atoms with Gasteiger partial charge < -0.3 is 14.0 Å². The van der Waals surface area contributed by atoms with E-state index in [9.17, 15) is 13.8 Å². The van der Waals surface area contributed by atoms with Gasteiger partial charge in [-0.25, -0.2) is 0 Å². The minimum absolute atomic E-state index is 0.149. The van der Waals surface area contributed by atoms with Gasteiger partial charge in [0.2, 0.25) is 11.8 Å². The molecule has 140 valence electrons. The van der Waals surface area contributed by atoms with E-state index in [0.717, 1.165) is 0 Å². The molecule has 7 nitrogen and oxygen atoms in total. The van der Waals surface area contributed by atoms with Crippen molar-refractivity contribution >= 4 is 30.3 Å². The highest BCUT2D eigenvalue weighted by molar-refractivity contribution is 8.07. The zero-order valence-corrected chi connectivity index (χ0v) is 16.1. The SMILES string of the molecule is CC1C(=O)C=C2O[C@@H]3C[C@@H](O[C@@H]3COP(F)(=S)OC(C)(C)C)N2C1=O. The lowest BCUT2D eigenvalue weighted by Crippen LogP contribution is -2.50. The fourth-order valence-corrected chi connectivity index (χ4v) is 4.82. The maximum atomic E-state index is 14.3. The van der Waals surface area contributed by atoms with Crippen molar-refractivity contribution in [3.8, 4) is 0 Å². The van der Waals surface area contributed by atoms with E-state index in [1.807, 2.05) is 0 Å². The molecule has 0 aliphatic carbocycles. The average Bonchev–Trinajstić information content (AvgIpc) is 2.77. The summed E-state index contributed by atoms with van der Waals surface area (Å²) in [5.74, 6) is -1.25. The molecule has 3 aliphatic heterocycles. The summed E-state index contributed by atoms with van der Waals surface area (Å²) in [6.07, 6.45) is 0.137. The summed E-state index contributed by atoms with van der Waals surface area (Å²) in [6, 6.07) is 0. The lowest BCUT2D eigenvalue weighted by molar-refractivity contribution is -0.154. The predicted molar refractivity (Wildman–Crippen MR) is 89.4 cm³/mol. The lowest BCUT2D eigenvalue weighted by Gasteiger charge is -2.37. The molecule has 0 spiro atoms. The summed E-state index contributed by atoms with van der Waals surface area (Å²) in [5, 5.41) is 0. The molecule has 25 heavy (non-hydrogen) atoms. The van der Waals surface area contributed by atoms with Gasteiger partial charge in [0.15, 0.2) is 5.78 Å². The van der Waals surface area contributed by atoms with E-state index in [0.29, 0.717) is 6.42 Å². The van der Waals surface area contributed by atoms with Gasteiger partial charge in [0.05, 0.1) is 18.1 Å². The third-order valence-corrected chi connectivity index (χ3v) is 5.82. The monoisotopic (exact) mass is 393 g/mol. The number of nitrogens with zero attached hydrogens (tertiary/aromatic N) is 1. The molecule has 0 aromatic heterocycles. The molecule has 0 radical (unpaired) electrons. The lowest BCUT2D eigenvalue weighted by atomic mass is 9.99. The van der Waals surface area contributed by atoms with Crippen LogP contribution in [-0.2, 0) is 39.9 Å². The van der Waals surface area contributed by atoms with Crippen LogP contribution in [0.1, 0.15) is 34.1 Å². The normalized spacial score (nSPS) is 34.3. The molecule has 0 aromatic carbocycles. The average molecular weight is 393 g/mol. The smallest absolute Gasteiger partial charge is 0.366 e. The molecule has 3 heterocycles. The number of halogens is 1. The van der Waals surface area contributed by atoms with Crippen molar-refractivity contribution in [3.63, 3.8) is 0 Å². The highest BCUT2D eigenvalue weighted by Crippen LogP contribution is 2.54. The summed E-state index contributed by atoms with van der Waals surface area (Å²) in [5.41, 5.74) is -0.762. The van der Waals surface area contributed by atoms with Crippen molar-refractivity contribution in [2.24, 2.45) is 5.92 Å². The first-order chi connectivity index (χ1) is 11.5. The first-order valence-electron chi connectivity index (χ1n) is 8.02. The van der Waals surface area contributed by atoms with Gasteiger partial charge in [-0.3, -0.25) is 19.0 Å². The minimum Gasteiger partial charge on any atom is -0.472 e. The Bertz CT molecular complexity index is 677. The molecule has 0 saturated carbocycles. The number of amides is 1. The minimum atomic E-state index is -3.92. The maximum absolute atomic E-state index is 14.3. The summed E-state index contributed by atoms with van der Waals surface area (Å²) >= 11 is 4.78. The first kappa shape index (κ1) is 18.9. The second-order valence-corrected chi connectivity index (χ2v) is 9.88. The molecular formula is C15H21FNO6PS. The number of allylic oxidation sites excluding steroid dienone is 1. The number of rotatable bonds is 4. The summed E-state index contributed by atoms with van der Waals surface area (Å²) in [4.78, 5) is 25.5. The van der Waals surface area contributed by atoms with Crippen LogP contribution in [0.5, 0.6) is 0 Å². The van der Waals surface area contributed by atoms with Crippen LogP contribution in [0.4, 0.5) is 4.20 Å². The molecule has 2 bridgehead atoms. The van der Waals surface area contributed by atoms with Gasteiger partial charge in [-0.05, 0) is 39.5 Å². The van der Waals surface area contributed by atoms with Crippen molar-refractivity contribution in [1.29, 1.82) is 0 Å². The van der Waals surface area contributed by atoms with Gasteiger partial charge in [-0.1, -0.05) is 0 Å². The quantitative estimate of drug-likeness (QED) is 0.536. The molecule has 0 N–H and O–H groups in total. The summed E-state index contributed by atoms with van der Waals surface area (Å²) < 4.78 is 36.1. The largest absolute Gasteiger partial charge is 0.472 e. The van der Waals surface area contributed by atoms with Crippen molar-refractivity contribution in [2.45, 2.75) is 58.2 Å². The molecule has 2 fully saturated rings. The molecular weight excluding hydrogens is 372 g/mol. The van der Waals surface area contributed by atoms with Gasteiger partial charge >= 0.3 is 6.80 Å². The maximum Gasteiger partial charge on any atom is 0.366 e. The first-order valence-corrected chi connectivity index (χ1v) is 10.6. The number of carbonyl (C=O) groups excluding carboxylic acids is 2. The Morgan fingerprint density at radius 1 is 1.44 bits per heavy atom. The third-order valence-electron chi connectivity index (χ3n) is 4.05. The van der Waals surface area contributed by atoms with E-state index in [2.05, 4.69) is 0 Å². The van der Waals surface area contributed by atoms with Crippen LogP contribution in [0.3, 0.4) is 0 Å². The van der Waals surface area contributed by atoms with Crippen molar-refractivity contribution in [1.82, 2.24) is 4.90 Å². The zero-order valence-electron chi connectivity index (χ0n) is 14.4. The molecule has 5 atom stereocenters. The number of ketones is 1. The fourth-order valence-electron chi connectivity index (χ4n) is 2.93. The van der Waals surface area contributed by atoms with E-state index >= 15 is 0 Å². The Labute approximate surface area is 150 Å². The van der Waals surface area contributed by atoms with E-state index in [1.165, 1.54) is 11.0 Å². The summed E-state index contributed by atoms with van der Waals surface area (Å²) in [7, 11) is 0. The van der Waals surface area contributed by atoms with Crippen molar-refractivity contribution < 1.29 is 32.3 Å². The van der Waals surface area contributed by atoms with Crippen molar-refractivity contribution in [2.75, 3.05) is 6.61 Å². The number of carbonyl (C=O) groups is 2. The molecule has 3 rings (SSSR count). The third kappa shape index (κ3) is 3.95. The zero-order chi connectivity index (χ0) is 18.6. The fraction of sp³-hybridized carbons (Fsp3) is 0.733. The Morgan fingerprint density at radius 2 is 2.12 bits per heavy atom. The number of ether oxygens (including phenoxy) is 2. The Kier molecular flexibility index (Phi) is 4.83.